The third-order valence-electron chi connectivity index (χ3n) is 4.81. The molecule has 2 fully saturated rings. The number of hydrogen-bond donors (Lipinski definition) is 1. The van der Waals surface area contributed by atoms with E-state index in [1.807, 2.05) is 30.3 Å². The van der Waals surface area contributed by atoms with E-state index in [0.717, 1.165) is 29.6 Å². The van der Waals surface area contributed by atoms with Crippen LogP contribution in [0.4, 0.5) is 0 Å². The highest BCUT2D eigenvalue weighted by atomic mass is 32.2. The minimum absolute atomic E-state index is 0.0524. The number of nitrogens with one attached hydrogen (secondary N) is 1. The Labute approximate surface area is 128 Å². The number of fused-ring (bicyclic) bond motifs is 2. The van der Waals surface area contributed by atoms with Crippen molar-refractivity contribution in [3.05, 3.63) is 46.2 Å². The molecule has 116 valence electrons. The van der Waals surface area contributed by atoms with Gasteiger partial charge in [-0.1, -0.05) is 18.2 Å². The molecule has 2 aliphatic heterocycles. The molecule has 3 heterocycles. The lowest BCUT2D eigenvalue weighted by atomic mass is 10.0. The number of aromatic nitrogens is 1. The molecule has 6 heteroatoms. The normalized spacial score (nSPS) is 27.3. The Morgan fingerprint density at radius 3 is 2.55 bits per heavy atom. The minimum Gasteiger partial charge on any atom is -0.322 e. The van der Waals surface area contributed by atoms with Crippen LogP contribution in [0.1, 0.15) is 5.56 Å². The summed E-state index contributed by atoms with van der Waals surface area (Å²) in [6, 6.07) is 9.68. The van der Waals surface area contributed by atoms with Crippen molar-refractivity contribution in [2.75, 3.05) is 24.6 Å². The summed E-state index contributed by atoms with van der Waals surface area (Å²) in [5, 5.41) is 1.03. The minimum atomic E-state index is -2.83. The molecule has 2 saturated heterocycles. The number of H-pyrrole nitrogens is 1. The Morgan fingerprint density at radius 2 is 1.82 bits per heavy atom. The molecular formula is C16H18N2O3S. The van der Waals surface area contributed by atoms with Crippen molar-refractivity contribution in [2.45, 2.75) is 6.54 Å². The van der Waals surface area contributed by atoms with Crippen molar-refractivity contribution in [2.24, 2.45) is 11.8 Å². The third-order valence-corrected chi connectivity index (χ3v) is 6.68. The van der Waals surface area contributed by atoms with Crippen molar-refractivity contribution in [1.82, 2.24) is 9.88 Å². The maximum Gasteiger partial charge on any atom is 0.252 e. The first-order valence-corrected chi connectivity index (χ1v) is 9.36. The highest BCUT2D eigenvalue weighted by molar-refractivity contribution is 7.91. The Balaban J connectivity index is 1.56. The van der Waals surface area contributed by atoms with Crippen molar-refractivity contribution < 1.29 is 8.42 Å². The van der Waals surface area contributed by atoms with Gasteiger partial charge in [0.15, 0.2) is 9.84 Å². The van der Waals surface area contributed by atoms with E-state index >= 15 is 0 Å². The second-order valence-corrected chi connectivity index (χ2v) is 8.66. The number of rotatable bonds is 2. The first-order valence-electron chi connectivity index (χ1n) is 7.54. The number of pyridine rings is 1. The van der Waals surface area contributed by atoms with E-state index in [1.165, 1.54) is 0 Å². The molecule has 4 rings (SSSR count). The fraction of sp³-hybridized carbons (Fsp3) is 0.438. The van der Waals surface area contributed by atoms with E-state index in [2.05, 4.69) is 9.88 Å². The number of hydrogen-bond acceptors (Lipinski definition) is 4. The molecule has 1 aromatic carbocycles. The predicted molar refractivity (Wildman–Crippen MR) is 85.5 cm³/mol. The van der Waals surface area contributed by atoms with Gasteiger partial charge in [-0.2, -0.15) is 0 Å². The van der Waals surface area contributed by atoms with Gasteiger partial charge in [0.05, 0.1) is 11.5 Å². The van der Waals surface area contributed by atoms with Crippen LogP contribution in [0.25, 0.3) is 10.9 Å². The average Bonchev–Trinajstić information content (AvgIpc) is 2.92. The number of benzene rings is 1. The van der Waals surface area contributed by atoms with E-state index < -0.39 is 9.84 Å². The summed E-state index contributed by atoms with van der Waals surface area (Å²) in [5.41, 5.74) is 1.55. The van der Waals surface area contributed by atoms with Gasteiger partial charge >= 0.3 is 0 Å². The van der Waals surface area contributed by atoms with Crippen LogP contribution in [0.15, 0.2) is 35.1 Å². The van der Waals surface area contributed by atoms with Crippen LogP contribution >= 0.6 is 0 Å². The smallest absolute Gasteiger partial charge is 0.252 e. The molecule has 0 saturated carbocycles. The van der Waals surface area contributed by atoms with E-state index in [4.69, 9.17) is 0 Å². The lowest BCUT2D eigenvalue weighted by Gasteiger charge is -2.16. The molecule has 0 amide bonds. The first-order chi connectivity index (χ1) is 10.5. The molecule has 1 N–H and O–H groups in total. The zero-order chi connectivity index (χ0) is 15.3. The third kappa shape index (κ3) is 2.46. The fourth-order valence-corrected chi connectivity index (χ4v) is 6.01. The molecule has 1 aromatic heterocycles. The van der Waals surface area contributed by atoms with Crippen LogP contribution in [0, 0.1) is 11.8 Å². The molecule has 2 aliphatic rings. The van der Waals surface area contributed by atoms with Crippen molar-refractivity contribution >= 4 is 20.7 Å². The molecule has 22 heavy (non-hydrogen) atoms. The lowest BCUT2D eigenvalue weighted by Crippen LogP contribution is -2.27. The maximum absolute atomic E-state index is 12.2. The predicted octanol–water partition coefficient (Wildman–Crippen LogP) is 1.00. The van der Waals surface area contributed by atoms with Crippen LogP contribution in [-0.4, -0.2) is 42.9 Å². The summed E-state index contributed by atoms with van der Waals surface area (Å²) in [6.45, 7) is 2.14. The molecule has 2 atom stereocenters. The Kier molecular flexibility index (Phi) is 3.13. The number of aromatic amines is 1. The van der Waals surface area contributed by atoms with Gasteiger partial charge in [-0.05, 0) is 29.4 Å². The van der Waals surface area contributed by atoms with Crippen molar-refractivity contribution in [3.8, 4) is 0 Å². The Morgan fingerprint density at radius 1 is 1.14 bits per heavy atom. The Hall–Kier alpha value is -1.66. The largest absolute Gasteiger partial charge is 0.322 e. The first kappa shape index (κ1) is 14.0. The van der Waals surface area contributed by atoms with Crippen LogP contribution in [0.2, 0.25) is 0 Å². The highest BCUT2D eigenvalue weighted by Crippen LogP contribution is 2.33. The zero-order valence-corrected chi connectivity index (χ0v) is 13.0. The second kappa shape index (κ2) is 4.93. The van der Waals surface area contributed by atoms with E-state index in [-0.39, 0.29) is 17.4 Å². The van der Waals surface area contributed by atoms with Gasteiger partial charge in [0, 0.05) is 30.7 Å². The number of nitrogens with zero attached hydrogens (tertiary/aromatic N) is 1. The van der Waals surface area contributed by atoms with Crippen LogP contribution in [0.3, 0.4) is 0 Å². The van der Waals surface area contributed by atoms with Crippen LogP contribution in [-0.2, 0) is 16.4 Å². The highest BCUT2D eigenvalue weighted by Gasteiger charge is 2.43. The second-order valence-electron chi connectivity index (χ2n) is 6.50. The van der Waals surface area contributed by atoms with Crippen molar-refractivity contribution in [3.63, 3.8) is 0 Å². The molecule has 0 spiro atoms. The zero-order valence-electron chi connectivity index (χ0n) is 12.2. The SMILES string of the molecule is O=c1[nH]c2ccccc2cc1CN1C[C@@H]2CS(=O)(=O)C[C@@H]2C1. The van der Waals surface area contributed by atoms with Gasteiger partial charge in [-0.15, -0.1) is 0 Å². The number of likely N-dealkylation sites (tertiary alicyclic amines) is 1. The maximum atomic E-state index is 12.2. The molecule has 2 aromatic rings. The average molecular weight is 318 g/mol. The molecular weight excluding hydrogens is 300 g/mol. The molecule has 0 bridgehead atoms. The van der Waals surface area contributed by atoms with Gasteiger partial charge in [-0.3, -0.25) is 9.69 Å². The van der Waals surface area contributed by atoms with E-state index in [1.54, 1.807) is 0 Å². The van der Waals surface area contributed by atoms with Gasteiger partial charge in [0.25, 0.3) is 5.56 Å². The lowest BCUT2D eigenvalue weighted by molar-refractivity contribution is 0.314. The fourth-order valence-electron chi connectivity index (χ4n) is 3.81. The molecule has 0 radical (unpaired) electrons. The molecule has 0 aliphatic carbocycles. The summed E-state index contributed by atoms with van der Waals surface area (Å²) in [4.78, 5) is 17.3. The number of para-hydroxylation sites is 1. The summed E-state index contributed by atoms with van der Waals surface area (Å²) in [5.74, 6) is 1.10. The topological polar surface area (TPSA) is 70.2 Å². The van der Waals surface area contributed by atoms with Crippen LogP contribution in [0.5, 0.6) is 0 Å². The summed E-state index contributed by atoms with van der Waals surface area (Å²) < 4.78 is 23.3. The molecule has 0 unspecified atom stereocenters. The van der Waals surface area contributed by atoms with Gasteiger partial charge in [-0.25, -0.2) is 8.42 Å². The van der Waals surface area contributed by atoms with Gasteiger partial charge in [0.2, 0.25) is 0 Å². The number of sulfone groups is 1. The molecule has 5 nitrogen and oxygen atoms in total. The summed E-state index contributed by atoms with van der Waals surface area (Å²) >= 11 is 0. The van der Waals surface area contributed by atoms with Crippen LogP contribution < -0.4 is 5.56 Å². The quantitative estimate of drug-likeness (QED) is 0.897. The summed E-state index contributed by atoms with van der Waals surface area (Å²) in [6.07, 6.45) is 0. The van der Waals surface area contributed by atoms with E-state index in [9.17, 15) is 13.2 Å². The van der Waals surface area contributed by atoms with Crippen molar-refractivity contribution in [1.29, 1.82) is 0 Å². The monoisotopic (exact) mass is 318 g/mol. The van der Waals surface area contributed by atoms with Gasteiger partial charge < -0.3 is 4.98 Å². The summed E-state index contributed by atoms with van der Waals surface area (Å²) in [7, 11) is -2.83. The van der Waals surface area contributed by atoms with Gasteiger partial charge in [0.1, 0.15) is 0 Å². The Bertz CT molecular complexity index is 868. The standard InChI is InChI=1S/C16H18N2O3S/c19-16-12(5-11-3-1-2-4-15(11)17-16)6-18-7-13-9-22(20,21)10-14(13)8-18/h1-5,13-14H,6-10H2,(H,17,19)/t13-,14+. The van der Waals surface area contributed by atoms with E-state index in [0.29, 0.717) is 18.1 Å².